The van der Waals surface area contributed by atoms with Gasteiger partial charge < -0.3 is 25.3 Å². The van der Waals surface area contributed by atoms with Crippen LogP contribution in [-0.2, 0) is 16.6 Å². The molecule has 38 heavy (non-hydrogen) atoms. The summed E-state index contributed by atoms with van der Waals surface area (Å²) in [4.78, 5) is 35.7. The first-order valence-corrected chi connectivity index (χ1v) is 12.4. The highest BCUT2D eigenvalue weighted by atomic mass is 16.5. The van der Waals surface area contributed by atoms with Crippen molar-refractivity contribution in [1.29, 1.82) is 0 Å². The van der Waals surface area contributed by atoms with Crippen molar-refractivity contribution < 1.29 is 14.3 Å². The fourth-order valence-electron chi connectivity index (χ4n) is 4.91. The van der Waals surface area contributed by atoms with Crippen LogP contribution in [0.4, 0.5) is 11.5 Å². The van der Waals surface area contributed by atoms with Gasteiger partial charge in [0.15, 0.2) is 0 Å². The van der Waals surface area contributed by atoms with Gasteiger partial charge in [0, 0.05) is 49.6 Å². The lowest BCUT2D eigenvalue weighted by molar-refractivity contribution is -0.112. The highest BCUT2D eigenvalue weighted by Crippen LogP contribution is 2.41. The number of hydrogen-bond acceptors (Lipinski definition) is 6. The highest BCUT2D eigenvalue weighted by molar-refractivity contribution is 6.08. The minimum Gasteiger partial charge on any atom is -0.383 e. The lowest BCUT2D eigenvalue weighted by Gasteiger charge is -2.16. The molecule has 0 spiro atoms. The van der Waals surface area contributed by atoms with Crippen LogP contribution in [0, 0.1) is 0 Å². The van der Waals surface area contributed by atoms with Gasteiger partial charge in [-0.25, -0.2) is 9.97 Å². The second kappa shape index (κ2) is 10.1. The van der Waals surface area contributed by atoms with Crippen molar-refractivity contribution in [2.45, 2.75) is 19.4 Å². The molecule has 1 aliphatic heterocycles. The van der Waals surface area contributed by atoms with E-state index in [4.69, 9.17) is 10.5 Å². The zero-order valence-corrected chi connectivity index (χ0v) is 21.7. The fourth-order valence-corrected chi connectivity index (χ4v) is 4.91. The Morgan fingerprint density at radius 2 is 1.76 bits per heavy atom. The number of aromatic nitrogens is 3. The molecule has 3 heterocycles. The number of carbonyl (C=O) groups is 2. The van der Waals surface area contributed by atoms with Gasteiger partial charge in [-0.3, -0.25) is 9.59 Å². The Balaban J connectivity index is 1.55. The second-order valence-electron chi connectivity index (χ2n) is 9.53. The van der Waals surface area contributed by atoms with Gasteiger partial charge in [0.2, 0.25) is 0 Å². The highest BCUT2D eigenvalue weighted by Gasteiger charge is 2.27. The number of hydrogen-bond donors (Lipinski definition) is 2. The van der Waals surface area contributed by atoms with Gasteiger partial charge in [-0.1, -0.05) is 30.8 Å². The van der Waals surface area contributed by atoms with Crippen LogP contribution < -0.4 is 11.1 Å². The minimum atomic E-state index is -0.229. The first-order valence-electron chi connectivity index (χ1n) is 12.4. The number of aryl methyl sites for hydroxylation is 1. The summed E-state index contributed by atoms with van der Waals surface area (Å²) in [6, 6.07) is 15.1. The van der Waals surface area contributed by atoms with E-state index in [1.807, 2.05) is 65.0 Å². The number of nitrogen functional groups attached to an aromatic ring is 1. The summed E-state index contributed by atoms with van der Waals surface area (Å²) in [6.07, 6.45) is 2.38. The normalized spacial score (nSPS) is 15.1. The maximum atomic E-state index is 13.1. The number of carbonyl (C=O) groups excluding carboxylic acids is 2. The largest absolute Gasteiger partial charge is 0.383 e. The molecule has 5 rings (SSSR count). The number of benzene rings is 2. The summed E-state index contributed by atoms with van der Waals surface area (Å²) in [6.45, 7) is 6.63. The van der Waals surface area contributed by atoms with E-state index in [0.717, 1.165) is 34.2 Å². The van der Waals surface area contributed by atoms with Gasteiger partial charge in [-0.15, -0.1) is 0 Å². The van der Waals surface area contributed by atoms with Crippen LogP contribution in [0.15, 0.2) is 67.0 Å². The van der Waals surface area contributed by atoms with Crippen LogP contribution in [0.3, 0.4) is 0 Å². The number of nitrogens with one attached hydrogen (secondary N) is 1. The zero-order valence-electron chi connectivity index (χ0n) is 21.7. The molecule has 4 aromatic rings. The molecule has 1 saturated heterocycles. The first-order chi connectivity index (χ1) is 18.3. The summed E-state index contributed by atoms with van der Waals surface area (Å²) in [5, 5.41) is 3.57. The predicted molar refractivity (Wildman–Crippen MR) is 149 cm³/mol. The number of amides is 2. The standard InChI is InChI=1S/C29H30N6O3/c1-17(2)28(36)33-21-11-9-19(10-12-21)25-23(24-26(30)31-16-32-27(24)34(25)3)18-5-7-20(8-6-18)29(37)35-14-13-22(15-35)38-4/h5-12,16,22H,1,13-15H2,2-4H3,(H,33,36)(H2,30,31,32)/t22-/m1/s1. The first kappa shape index (κ1) is 25.2. The number of fused-ring (bicyclic) bond motifs is 1. The summed E-state index contributed by atoms with van der Waals surface area (Å²) < 4.78 is 7.39. The predicted octanol–water partition coefficient (Wildman–Crippen LogP) is 4.26. The Kier molecular flexibility index (Phi) is 6.69. The van der Waals surface area contributed by atoms with Crippen molar-refractivity contribution in [1.82, 2.24) is 19.4 Å². The van der Waals surface area contributed by atoms with Crippen LogP contribution in [0.2, 0.25) is 0 Å². The number of likely N-dealkylation sites (tertiary alicyclic amines) is 1. The number of nitrogens with zero attached hydrogens (tertiary/aromatic N) is 4. The third kappa shape index (κ3) is 4.52. The van der Waals surface area contributed by atoms with Crippen molar-refractivity contribution in [2.75, 3.05) is 31.2 Å². The Labute approximate surface area is 220 Å². The molecular formula is C29H30N6O3. The van der Waals surface area contributed by atoms with E-state index in [-0.39, 0.29) is 17.9 Å². The maximum Gasteiger partial charge on any atom is 0.253 e. The molecule has 0 saturated carbocycles. The Morgan fingerprint density at radius 3 is 2.39 bits per heavy atom. The van der Waals surface area contributed by atoms with Crippen LogP contribution >= 0.6 is 0 Å². The molecule has 0 radical (unpaired) electrons. The van der Waals surface area contributed by atoms with Gasteiger partial charge in [0.1, 0.15) is 17.8 Å². The average molecular weight is 511 g/mol. The molecule has 1 aliphatic rings. The number of anilines is 2. The van der Waals surface area contributed by atoms with Crippen molar-refractivity contribution in [3.05, 3.63) is 72.6 Å². The van der Waals surface area contributed by atoms with E-state index in [0.29, 0.717) is 41.4 Å². The van der Waals surface area contributed by atoms with Crippen LogP contribution in [0.5, 0.6) is 0 Å². The van der Waals surface area contributed by atoms with E-state index in [1.165, 1.54) is 6.33 Å². The molecule has 1 fully saturated rings. The Bertz CT molecular complexity index is 1540. The molecule has 0 unspecified atom stereocenters. The van der Waals surface area contributed by atoms with E-state index >= 15 is 0 Å². The molecule has 9 nitrogen and oxygen atoms in total. The van der Waals surface area contributed by atoms with E-state index in [2.05, 4.69) is 21.9 Å². The lowest BCUT2D eigenvalue weighted by atomic mass is 9.97. The molecule has 0 aliphatic carbocycles. The van der Waals surface area contributed by atoms with E-state index in [9.17, 15) is 9.59 Å². The smallest absolute Gasteiger partial charge is 0.253 e. The van der Waals surface area contributed by atoms with Crippen LogP contribution in [0.25, 0.3) is 33.4 Å². The minimum absolute atomic E-state index is 0.00973. The topological polar surface area (TPSA) is 115 Å². The lowest BCUT2D eigenvalue weighted by Crippen LogP contribution is -2.29. The molecule has 194 valence electrons. The summed E-state index contributed by atoms with van der Waals surface area (Å²) in [5.74, 6) is 0.136. The zero-order chi connectivity index (χ0) is 27.0. The second-order valence-corrected chi connectivity index (χ2v) is 9.53. The van der Waals surface area contributed by atoms with Crippen LogP contribution in [-0.4, -0.2) is 57.6 Å². The third-order valence-electron chi connectivity index (χ3n) is 6.99. The molecule has 9 heteroatoms. The summed E-state index contributed by atoms with van der Waals surface area (Å²) in [7, 11) is 3.61. The van der Waals surface area contributed by atoms with Gasteiger partial charge in [0.05, 0.1) is 17.2 Å². The van der Waals surface area contributed by atoms with Gasteiger partial charge in [-0.2, -0.15) is 0 Å². The third-order valence-corrected chi connectivity index (χ3v) is 6.99. The van der Waals surface area contributed by atoms with Crippen molar-refractivity contribution >= 4 is 34.4 Å². The van der Waals surface area contributed by atoms with Crippen molar-refractivity contribution in [3.8, 4) is 22.4 Å². The molecular weight excluding hydrogens is 480 g/mol. The monoisotopic (exact) mass is 510 g/mol. The molecule has 2 amide bonds. The molecule has 0 bridgehead atoms. The van der Waals surface area contributed by atoms with Gasteiger partial charge in [-0.05, 0) is 48.7 Å². The number of methoxy groups -OCH3 is 1. The molecule has 1 atom stereocenters. The van der Waals surface area contributed by atoms with E-state index < -0.39 is 0 Å². The van der Waals surface area contributed by atoms with Crippen molar-refractivity contribution in [3.63, 3.8) is 0 Å². The average Bonchev–Trinajstić information content (AvgIpc) is 3.52. The maximum absolute atomic E-state index is 13.1. The van der Waals surface area contributed by atoms with Crippen LogP contribution in [0.1, 0.15) is 23.7 Å². The number of ether oxygens (including phenoxy) is 1. The SMILES string of the molecule is C=C(C)C(=O)Nc1ccc(-c2c(-c3ccc(C(=O)N4CC[C@@H](OC)C4)cc3)c3c(N)ncnc3n2C)cc1. The summed E-state index contributed by atoms with van der Waals surface area (Å²) in [5.41, 5.74) is 12.3. The summed E-state index contributed by atoms with van der Waals surface area (Å²) >= 11 is 0. The van der Waals surface area contributed by atoms with Gasteiger partial charge in [0.25, 0.3) is 11.8 Å². The molecule has 3 N–H and O–H groups in total. The van der Waals surface area contributed by atoms with Crippen molar-refractivity contribution in [2.24, 2.45) is 7.05 Å². The number of nitrogens with two attached hydrogens (primary N) is 1. The Morgan fingerprint density at radius 1 is 1.08 bits per heavy atom. The number of rotatable bonds is 6. The fraction of sp³-hybridized carbons (Fsp3) is 0.241. The Hall–Kier alpha value is -4.50. The van der Waals surface area contributed by atoms with E-state index in [1.54, 1.807) is 14.0 Å². The molecule has 2 aromatic carbocycles. The van der Waals surface area contributed by atoms with Gasteiger partial charge >= 0.3 is 0 Å². The molecule has 2 aromatic heterocycles. The quantitative estimate of drug-likeness (QED) is 0.375.